The highest BCUT2D eigenvalue weighted by molar-refractivity contribution is 7.92. The lowest BCUT2D eigenvalue weighted by molar-refractivity contribution is -0.192. The van der Waals surface area contributed by atoms with Crippen molar-refractivity contribution in [1.82, 2.24) is 29.9 Å². The van der Waals surface area contributed by atoms with Crippen molar-refractivity contribution in [2.75, 3.05) is 18.8 Å². The average Bonchev–Trinajstić information content (AvgIpc) is 3.43. The van der Waals surface area contributed by atoms with Gasteiger partial charge in [-0.25, -0.2) is 36.9 Å². The van der Waals surface area contributed by atoms with Gasteiger partial charge in [0.25, 0.3) is 0 Å². The number of carbonyl (C=O) groups is 1. The summed E-state index contributed by atoms with van der Waals surface area (Å²) in [6.45, 7) is 0.438. The maximum absolute atomic E-state index is 13.6. The standard InChI is InChI=1S/C19H19N9O4S3.C2HF3O2/c20-15-10-6-28(7-11(10)15)35(31,32)13-5-4-8(9-2-1-3-12-16(9)23-19(21)33-12)14(17(13)34(22,29)30)18-24-26-27-25-18;3-2(4,5)1(6)7/h1-5,10-11,15H,6-7,20H2,(H2,21,23)(H2,22,29,30)(H,24,25,26,27);(H,6,7)/t10-,11+,15+;. The Morgan fingerprint density at radius 1 is 1.10 bits per heavy atom. The van der Waals surface area contributed by atoms with E-state index >= 15 is 0 Å². The van der Waals surface area contributed by atoms with E-state index in [1.807, 2.05) is 6.07 Å². The van der Waals surface area contributed by atoms with E-state index in [2.05, 4.69) is 25.6 Å². The molecule has 8 N–H and O–H groups in total. The number of sulfonamides is 2. The molecule has 3 atom stereocenters. The van der Waals surface area contributed by atoms with Gasteiger partial charge in [-0.3, -0.25) is 0 Å². The van der Waals surface area contributed by atoms with Crippen molar-refractivity contribution in [3.8, 4) is 22.5 Å². The van der Waals surface area contributed by atoms with Crippen LogP contribution in [0.3, 0.4) is 0 Å². The fourth-order valence-electron chi connectivity index (χ4n) is 4.83. The number of para-hydroxylation sites is 1. The number of hydrogen-bond donors (Lipinski definition) is 5. The first-order chi connectivity index (χ1) is 19.5. The molecule has 1 aliphatic carbocycles. The van der Waals surface area contributed by atoms with Gasteiger partial charge in [0, 0.05) is 24.7 Å². The van der Waals surface area contributed by atoms with Gasteiger partial charge in [-0.1, -0.05) is 29.5 Å². The highest BCUT2D eigenvalue weighted by Gasteiger charge is 2.56. The molecule has 0 amide bonds. The summed E-state index contributed by atoms with van der Waals surface area (Å²) in [5.74, 6) is -2.69. The largest absolute Gasteiger partial charge is 0.490 e. The van der Waals surface area contributed by atoms with E-state index in [1.165, 1.54) is 27.8 Å². The number of piperidine rings is 1. The number of nitrogens with zero attached hydrogens (tertiary/aromatic N) is 5. The molecule has 6 rings (SSSR count). The Bertz CT molecular complexity index is 1900. The van der Waals surface area contributed by atoms with E-state index < -0.39 is 42.0 Å². The number of aliphatic carboxylic acids is 1. The highest BCUT2D eigenvalue weighted by Crippen LogP contribution is 2.47. The summed E-state index contributed by atoms with van der Waals surface area (Å²) in [4.78, 5) is 12.2. The van der Waals surface area contributed by atoms with Crippen molar-refractivity contribution in [2.24, 2.45) is 22.7 Å². The number of aromatic nitrogens is 5. The first kappa shape index (κ1) is 29.7. The first-order valence-electron chi connectivity index (χ1n) is 11.7. The molecule has 1 aliphatic heterocycles. The number of benzene rings is 2. The number of primary sulfonamides is 1. The van der Waals surface area contributed by atoms with Gasteiger partial charge in [0.05, 0.1) is 15.8 Å². The summed E-state index contributed by atoms with van der Waals surface area (Å²) in [7, 11) is -8.81. The number of fused-ring (bicyclic) bond motifs is 2. The zero-order valence-corrected chi connectivity index (χ0v) is 23.3. The molecule has 2 fully saturated rings. The maximum Gasteiger partial charge on any atom is 0.490 e. The van der Waals surface area contributed by atoms with E-state index in [4.69, 9.17) is 26.5 Å². The molecule has 0 bridgehead atoms. The van der Waals surface area contributed by atoms with Crippen LogP contribution >= 0.6 is 11.3 Å². The van der Waals surface area contributed by atoms with Gasteiger partial charge in [0.1, 0.15) is 9.79 Å². The molecule has 1 saturated heterocycles. The quantitative estimate of drug-likeness (QED) is 0.199. The molecular formula is C21H20F3N9O6S3. The van der Waals surface area contributed by atoms with Gasteiger partial charge in [-0.05, 0) is 40.0 Å². The van der Waals surface area contributed by atoms with Crippen molar-refractivity contribution in [3.63, 3.8) is 0 Å². The minimum absolute atomic E-state index is 0.0385. The number of thiazole rings is 1. The monoisotopic (exact) mass is 647 g/mol. The lowest BCUT2D eigenvalue weighted by Gasteiger charge is -2.22. The molecule has 3 heterocycles. The minimum atomic E-state index is -5.08. The molecule has 2 aromatic carbocycles. The Hall–Kier alpha value is -3.76. The van der Waals surface area contributed by atoms with Crippen molar-refractivity contribution in [3.05, 3.63) is 30.3 Å². The lowest BCUT2D eigenvalue weighted by Crippen LogP contribution is -2.35. The smallest absolute Gasteiger partial charge is 0.475 e. The van der Waals surface area contributed by atoms with E-state index in [-0.39, 0.29) is 42.4 Å². The van der Waals surface area contributed by atoms with Gasteiger partial charge in [-0.15, -0.1) is 5.10 Å². The van der Waals surface area contributed by atoms with Crippen LogP contribution in [0.4, 0.5) is 18.3 Å². The second-order valence-corrected chi connectivity index (χ2v) is 13.8. The molecule has 224 valence electrons. The van der Waals surface area contributed by atoms with Crippen LogP contribution in [0.15, 0.2) is 40.1 Å². The van der Waals surface area contributed by atoms with Crippen LogP contribution in [-0.4, -0.2) is 83.1 Å². The van der Waals surface area contributed by atoms with Gasteiger partial charge < -0.3 is 16.6 Å². The number of rotatable bonds is 5. The molecule has 0 unspecified atom stereocenters. The third-order valence-electron chi connectivity index (χ3n) is 6.80. The summed E-state index contributed by atoms with van der Waals surface area (Å²) < 4.78 is 87.0. The van der Waals surface area contributed by atoms with Gasteiger partial charge in [-0.2, -0.15) is 17.5 Å². The third-order valence-corrected chi connectivity index (χ3v) is 10.6. The van der Waals surface area contributed by atoms with E-state index in [1.54, 1.807) is 12.1 Å². The van der Waals surface area contributed by atoms with Crippen LogP contribution in [0.1, 0.15) is 0 Å². The van der Waals surface area contributed by atoms with E-state index in [0.717, 1.165) is 4.70 Å². The number of nitrogen functional groups attached to an aromatic ring is 1. The number of nitrogens with one attached hydrogen (secondary N) is 1. The maximum atomic E-state index is 13.6. The zero-order chi connectivity index (χ0) is 30.8. The summed E-state index contributed by atoms with van der Waals surface area (Å²) in [5.41, 5.74) is 13.2. The normalized spacial score (nSPS) is 20.6. The Labute approximate surface area is 238 Å². The number of alkyl halides is 3. The van der Waals surface area contributed by atoms with Crippen molar-refractivity contribution in [1.29, 1.82) is 0 Å². The first-order valence-corrected chi connectivity index (χ1v) is 15.5. The molecule has 0 spiro atoms. The van der Waals surface area contributed by atoms with Gasteiger partial charge in [0.2, 0.25) is 20.0 Å². The van der Waals surface area contributed by atoms with Gasteiger partial charge in [0.15, 0.2) is 11.0 Å². The molecule has 15 nitrogen and oxygen atoms in total. The number of aromatic amines is 1. The average molecular weight is 648 g/mol. The van der Waals surface area contributed by atoms with Crippen LogP contribution in [0.25, 0.3) is 32.7 Å². The molecule has 0 radical (unpaired) electrons. The number of tetrazole rings is 1. The van der Waals surface area contributed by atoms with Crippen molar-refractivity contribution in [2.45, 2.75) is 22.0 Å². The third kappa shape index (κ3) is 5.29. The summed E-state index contributed by atoms with van der Waals surface area (Å²) >= 11 is 1.27. The minimum Gasteiger partial charge on any atom is -0.475 e. The number of anilines is 1. The van der Waals surface area contributed by atoms with Crippen LogP contribution in [0.2, 0.25) is 0 Å². The zero-order valence-electron chi connectivity index (χ0n) is 20.8. The summed E-state index contributed by atoms with van der Waals surface area (Å²) in [6.07, 6.45) is -5.08. The van der Waals surface area contributed by atoms with Crippen LogP contribution in [0.5, 0.6) is 0 Å². The molecular weight excluding hydrogens is 627 g/mol. The van der Waals surface area contributed by atoms with E-state index in [9.17, 15) is 30.0 Å². The lowest BCUT2D eigenvalue weighted by atomic mass is 9.98. The number of carboxylic acids is 1. The number of halogens is 3. The summed E-state index contributed by atoms with van der Waals surface area (Å²) in [5, 5.41) is 26.6. The van der Waals surface area contributed by atoms with Crippen molar-refractivity contribution < 1.29 is 39.9 Å². The predicted molar refractivity (Wildman–Crippen MR) is 141 cm³/mol. The van der Waals surface area contributed by atoms with Gasteiger partial charge >= 0.3 is 12.1 Å². The molecule has 2 aromatic heterocycles. The second kappa shape index (κ2) is 10.2. The SMILES string of the molecule is Nc1nc2c(-c3ccc(S(=O)(=O)N4C[C@@H]5[C@@H](N)[C@@H]5C4)c(S(N)(=O)=O)c3-c3nnn[nH]3)cccc2s1.O=C(O)C(F)(F)F. The highest BCUT2D eigenvalue weighted by atomic mass is 32.2. The second-order valence-electron chi connectivity index (χ2n) is 9.34. The van der Waals surface area contributed by atoms with Crippen molar-refractivity contribution >= 4 is 52.7 Å². The number of nitrogens with two attached hydrogens (primary N) is 3. The topological polar surface area (TPSA) is 254 Å². The number of H-pyrrole nitrogens is 1. The predicted octanol–water partition coefficient (Wildman–Crippen LogP) is 0.584. The Morgan fingerprint density at radius 3 is 2.29 bits per heavy atom. The fourth-order valence-corrected chi connectivity index (χ4v) is 8.68. The molecule has 1 saturated carbocycles. The summed E-state index contributed by atoms with van der Waals surface area (Å²) in [6, 6.07) is 8.02. The van der Waals surface area contributed by atoms with Crippen LogP contribution in [-0.2, 0) is 24.8 Å². The fraction of sp³-hybridized carbons (Fsp3) is 0.286. The van der Waals surface area contributed by atoms with Crippen LogP contribution in [0, 0.1) is 11.8 Å². The Morgan fingerprint density at radius 2 is 1.74 bits per heavy atom. The number of carboxylic acid groups (broad SMARTS) is 1. The number of hydrogen-bond acceptors (Lipinski definition) is 12. The molecule has 2 aliphatic rings. The Kier molecular flexibility index (Phi) is 7.22. The van der Waals surface area contributed by atoms with Crippen LogP contribution < -0.4 is 16.6 Å². The molecule has 42 heavy (non-hydrogen) atoms. The molecule has 21 heteroatoms. The molecule has 4 aromatic rings. The van der Waals surface area contributed by atoms with E-state index in [0.29, 0.717) is 21.8 Å². The Balaban J connectivity index is 0.000000451.